The van der Waals surface area contributed by atoms with Gasteiger partial charge in [-0.2, -0.15) is 0 Å². The molecule has 0 spiro atoms. The summed E-state index contributed by atoms with van der Waals surface area (Å²) in [4.78, 5) is 0. The van der Waals surface area contributed by atoms with E-state index >= 15 is 0 Å². The molecule has 4 heterocycles. The van der Waals surface area contributed by atoms with Crippen LogP contribution in [0.15, 0.2) is 122 Å². The fourth-order valence-electron chi connectivity index (χ4n) is 14.0. The van der Waals surface area contributed by atoms with Crippen molar-refractivity contribution in [2.24, 2.45) is 40.0 Å². The van der Waals surface area contributed by atoms with Crippen LogP contribution in [0.3, 0.4) is 0 Å². The van der Waals surface area contributed by atoms with Gasteiger partial charge in [0.15, 0.2) is 24.8 Å². The summed E-state index contributed by atoms with van der Waals surface area (Å²) in [6.45, 7) is 82.1. The summed E-state index contributed by atoms with van der Waals surface area (Å²) in [6, 6.07) is 37.5. The molecule has 100 heavy (non-hydrogen) atoms. The minimum Gasteiger partial charge on any atom is -0.201 e. The number of hydrogen-bond donors (Lipinski definition) is 0. The molecule has 0 saturated carbocycles. The molecule has 0 bridgehead atoms. The first-order valence-corrected chi connectivity index (χ1v) is 51.9. The molecule has 0 N–H and O–H groups in total. The van der Waals surface area contributed by atoms with Gasteiger partial charge in [0.05, 0.1) is 32.3 Å². The van der Waals surface area contributed by atoms with Crippen LogP contribution < -0.4 is 39.0 Å². The van der Waals surface area contributed by atoms with E-state index in [2.05, 4.69) is 406 Å². The Morgan fingerprint density at radius 2 is 0.660 bits per heavy atom. The molecule has 0 radical (unpaired) electrons. The normalized spacial score (nSPS) is 12.7. The number of aromatic nitrogens is 4. The van der Waals surface area contributed by atoms with Crippen molar-refractivity contribution in [3.8, 4) is 45.0 Å². The Hall–Kier alpha value is -5.65. The van der Waals surface area contributed by atoms with Crippen LogP contribution in [-0.2, 0) is 62.7 Å². The van der Waals surface area contributed by atoms with Gasteiger partial charge in [0.1, 0.15) is 28.2 Å². The number of benzene rings is 4. The lowest BCUT2D eigenvalue weighted by Gasteiger charge is -2.28. The third kappa shape index (κ3) is 22.2. The maximum Gasteiger partial charge on any atom is 0.212 e. The molecule has 0 unspecified atom stereocenters. The zero-order valence-electron chi connectivity index (χ0n) is 71.5. The molecule has 0 fully saturated rings. The number of nitrogens with zero attached hydrogens (tertiary/aromatic N) is 4. The summed E-state index contributed by atoms with van der Waals surface area (Å²) >= 11 is 0. The topological polar surface area (TPSA) is 15.5 Å². The van der Waals surface area contributed by atoms with Crippen molar-refractivity contribution in [1.82, 2.24) is 0 Å². The first-order chi connectivity index (χ1) is 45.3. The quantitative estimate of drug-likeness (QED) is 0.0808. The second-order valence-corrected chi connectivity index (χ2v) is 59.6. The second-order valence-electron chi connectivity index (χ2n) is 39.4. The number of hydrogen-bond acceptors (Lipinski definition) is 0. The highest BCUT2D eigenvalue weighted by Gasteiger charge is 2.35. The minimum atomic E-state index is -1.41. The molecule has 8 heteroatoms. The standard InChI is InChI=1S/2C24H38NSi.C23H36NSi.C21H32NSi/c1-17-14-18(23(2,3)4)12-13-19(17)21-15-20(24(5,6)7)22(16-25(21)8)26(9,10)11;1-17(2)13-19-11-12-20(18(3)14-19)22-15-21(24(4,5)6)23(16-25(22)7)26(8,9)10;1-16(2)18-11-12-19(17(3)13-18)21-14-20(23(4,5)6)22(15-24(21)7)25(8,9)10;1-15(2)11-18-13-20(19-12-16(3)9-10-17(19)4)22(5)14-21(18)23(6,7)8/h12-16H,1-11H3;11-12,14-17H,13H2,1-10H3;11-16H,1-10H3;9-10,12-15H,11H2,1-8H3/q4*+1. The van der Waals surface area contributed by atoms with Crippen LogP contribution >= 0.6 is 0 Å². The van der Waals surface area contributed by atoms with E-state index in [1.165, 1.54) is 106 Å². The summed E-state index contributed by atoms with van der Waals surface area (Å²) in [6.07, 6.45) is 11.9. The van der Waals surface area contributed by atoms with Crippen LogP contribution in [0.25, 0.3) is 45.0 Å². The van der Waals surface area contributed by atoms with Gasteiger partial charge < -0.3 is 0 Å². The van der Waals surface area contributed by atoms with E-state index < -0.39 is 32.3 Å². The minimum absolute atomic E-state index is 0.151. The fourth-order valence-corrected chi connectivity index (χ4v) is 21.2. The monoisotopic (exact) mass is 1420 g/mol. The molecular formula is C92H144N4Si4+4. The molecule has 0 aliphatic rings. The molecule has 8 rings (SSSR count). The van der Waals surface area contributed by atoms with Crippen LogP contribution in [0.4, 0.5) is 0 Å². The highest BCUT2D eigenvalue weighted by molar-refractivity contribution is 6.90. The fraction of sp³-hybridized carbons (Fsp3) is 0.522. The van der Waals surface area contributed by atoms with Gasteiger partial charge in [-0.1, -0.05) is 257 Å². The molecule has 4 nitrogen and oxygen atoms in total. The van der Waals surface area contributed by atoms with Crippen LogP contribution in [-0.4, -0.2) is 32.3 Å². The summed E-state index contributed by atoms with van der Waals surface area (Å²) in [5, 5.41) is 6.32. The first-order valence-electron chi connectivity index (χ1n) is 37.9. The molecular weight excluding hydrogens is 1270 g/mol. The Bertz CT molecular complexity index is 4160. The lowest BCUT2D eigenvalue weighted by atomic mass is 9.84. The lowest BCUT2D eigenvalue weighted by Crippen LogP contribution is -2.49. The van der Waals surface area contributed by atoms with Crippen LogP contribution in [0.5, 0.6) is 0 Å². The van der Waals surface area contributed by atoms with Gasteiger partial charge in [-0.15, -0.1) is 0 Å². The Kier molecular flexibility index (Phi) is 27.3. The Morgan fingerprint density at radius 1 is 0.320 bits per heavy atom. The van der Waals surface area contributed by atoms with E-state index in [-0.39, 0.29) is 21.7 Å². The molecule has 0 aliphatic heterocycles. The molecule has 8 aromatic rings. The van der Waals surface area contributed by atoms with E-state index in [1.54, 1.807) is 26.3 Å². The average Bonchev–Trinajstić information content (AvgIpc) is 0.801. The van der Waals surface area contributed by atoms with Crippen molar-refractivity contribution in [2.45, 2.75) is 278 Å². The predicted molar refractivity (Wildman–Crippen MR) is 454 cm³/mol. The van der Waals surface area contributed by atoms with E-state index in [4.69, 9.17) is 0 Å². The molecule has 0 saturated heterocycles. The summed E-state index contributed by atoms with van der Waals surface area (Å²) in [7, 11) is 3.23. The molecule has 4 aromatic heterocycles. The zero-order valence-corrected chi connectivity index (χ0v) is 75.5. The maximum absolute atomic E-state index is 2.46. The number of rotatable bonds is 13. The predicted octanol–water partition coefficient (Wildman–Crippen LogP) is 21.1. The van der Waals surface area contributed by atoms with Gasteiger partial charge in [0.2, 0.25) is 22.8 Å². The van der Waals surface area contributed by atoms with E-state index in [9.17, 15) is 0 Å². The Morgan fingerprint density at radius 3 is 0.980 bits per heavy atom. The molecule has 0 atom stereocenters. The molecule has 544 valence electrons. The van der Waals surface area contributed by atoms with Gasteiger partial charge in [-0.05, 0) is 172 Å². The van der Waals surface area contributed by atoms with Crippen molar-refractivity contribution in [3.05, 3.63) is 189 Å². The van der Waals surface area contributed by atoms with Gasteiger partial charge in [0.25, 0.3) is 0 Å². The SMILES string of the molecule is Cc1cc(C(C)(C)C)ccc1-c1cc(C(C)(C)C)c([Si](C)(C)C)c[n+]1C.Cc1cc(C(C)C)ccc1-c1cc(C(C)(C)C)c([Si](C)(C)C)c[n+]1C.Cc1cc(CC(C)C)ccc1-c1cc(C(C)(C)C)c([Si](C)(C)C)c[n+]1C.Cc1ccc(C)c(-c2cc(CC(C)C)c([Si](C)(C)C)c[n+]2C)c1. The Balaban J connectivity index is 0.000000241. The molecule has 0 amide bonds. The van der Waals surface area contributed by atoms with Gasteiger partial charge in [-0.3, -0.25) is 0 Å². The highest BCUT2D eigenvalue weighted by atomic mass is 28.3. The van der Waals surface area contributed by atoms with Crippen molar-refractivity contribution in [1.29, 1.82) is 0 Å². The van der Waals surface area contributed by atoms with Gasteiger partial charge in [0, 0.05) is 67.3 Å². The lowest BCUT2D eigenvalue weighted by molar-refractivity contribution is -0.659. The second kappa shape index (κ2) is 32.2. The highest BCUT2D eigenvalue weighted by Crippen LogP contribution is 2.34. The van der Waals surface area contributed by atoms with Crippen molar-refractivity contribution >= 4 is 53.0 Å². The third-order valence-electron chi connectivity index (χ3n) is 19.9. The summed E-state index contributed by atoms with van der Waals surface area (Å²) < 4.78 is 9.34. The number of aryl methyl sites for hydroxylation is 9. The molecule has 0 aliphatic carbocycles. The van der Waals surface area contributed by atoms with E-state index in [0.29, 0.717) is 17.8 Å². The van der Waals surface area contributed by atoms with Gasteiger partial charge >= 0.3 is 0 Å². The van der Waals surface area contributed by atoms with Crippen LogP contribution in [0.2, 0.25) is 78.6 Å². The van der Waals surface area contributed by atoms with E-state index in [0.717, 1.165) is 12.8 Å². The van der Waals surface area contributed by atoms with Crippen LogP contribution in [0, 0.1) is 46.5 Å². The zero-order chi connectivity index (χ0) is 76.5. The third-order valence-corrected chi connectivity index (χ3v) is 28.0. The summed E-state index contributed by atoms with van der Waals surface area (Å²) in [5.41, 5.74) is 28.4. The Labute approximate surface area is 619 Å². The van der Waals surface area contributed by atoms with E-state index in [1.807, 2.05) is 0 Å². The largest absolute Gasteiger partial charge is 0.212 e. The first kappa shape index (κ1) is 85.0. The van der Waals surface area contributed by atoms with Crippen LogP contribution in [0.1, 0.15) is 197 Å². The summed E-state index contributed by atoms with van der Waals surface area (Å²) in [5.74, 6) is 1.95. The maximum atomic E-state index is 2.46. The number of pyridine rings is 4. The van der Waals surface area contributed by atoms with Crippen molar-refractivity contribution < 1.29 is 18.3 Å². The van der Waals surface area contributed by atoms with Crippen molar-refractivity contribution in [2.75, 3.05) is 0 Å². The van der Waals surface area contributed by atoms with Crippen molar-refractivity contribution in [3.63, 3.8) is 0 Å². The average molecular weight is 1420 g/mol. The van der Waals surface area contributed by atoms with Gasteiger partial charge in [-0.25, -0.2) is 18.3 Å². The smallest absolute Gasteiger partial charge is 0.201 e. The molecule has 4 aromatic carbocycles.